The summed E-state index contributed by atoms with van der Waals surface area (Å²) in [6, 6.07) is 20.7. The predicted octanol–water partition coefficient (Wildman–Crippen LogP) is 3.21. The maximum Gasteiger partial charge on any atom is 0.105 e. The Labute approximate surface area is 127 Å². The summed E-state index contributed by atoms with van der Waals surface area (Å²) in [5, 5.41) is 11.4. The van der Waals surface area contributed by atoms with Crippen LogP contribution in [-0.4, -0.2) is 29.6 Å². The lowest BCUT2D eigenvalue weighted by molar-refractivity contribution is -0.0781. The fraction of sp³-hybridized carbons (Fsp3) is 0.368. The van der Waals surface area contributed by atoms with Gasteiger partial charge >= 0.3 is 0 Å². The summed E-state index contributed by atoms with van der Waals surface area (Å²) in [5.74, 6) is 0. The molecule has 21 heavy (non-hydrogen) atoms. The number of hydrogen-bond acceptors (Lipinski definition) is 2. The second-order valence-electron chi connectivity index (χ2n) is 6.08. The molecule has 0 spiro atoms. The molecule has 1 aliphatic heterocycles. The molecule has 0 radical (unpaired) electrons. The molecule has 0 bridgehead atoms. The molecule has 2 nitrogen and oxygen atoms in total. The van der Waals surface area contributed by atoms with E-state index in [1.54, 1.807) is 0 Å². The van der Waals surface area contributed by atoms with Crippen LogP contribution >= 0.6 is 0 Å². The first-order valence-electron chi connectivity index (χ1n) is 7.72. The summed E-state index contributed by atoms with van der Waals surface area (Å²) in [5.41, 5.74) is 1.56. The van der Waals surface area contributed by atoms with Crippen molar-refractivity contribution in [1.29, 1.82) is 0 Å². The number of hydrogen-bond donors (Lipinski definition) is 1. The average molecular weight is 281 g/mol. The molecule has 0 aromatic heterocycles. The lowest BCUT2D eigenvalue weighted by atomic mass is 9.76. The zero-order valence-corrected chi connectivity index (χ0v) is 12.6. The van der Waals surface area contributed by atoms with Crippen molar-refractivity contribution < 1.29 is 5.11 Å². The zero-order valence-electron chi connectivity index (χ0n) is 12.6. The second kappa shape index (κ2) is 6.00. The van der Waals surface area contributed by atoms with Gasteiger partial charge in [-0.25, -0.2) is 0 Å². The number of nitrogens with zero attached hydrogens (tertiary/aromatic N) is 1. The lowest BCUT2D eigenvalue weighted by Crippen LogP contribution is -2.54. The highest BCUT2D eigenvalue weighted by atomic mass is 16.3. The van der Waals surface area contributed by atoms with E-state index in [0.717, 1.165) is 31.4 Å². The van der Waals surface area contributed by atoms with E-state index in [4.69, 9.17) is 0 Å². The maximum absolute atomic E-state index is 11.4. The third kappa shape index (κ3) is 2.87. The maximum atomic E-state index is 11.4. The summed E-state index contributed by atoms with van der Waals surface area (Å²) in [6.07, 6.45) is 2.74. The van der Waals surface area contributed by atoms with Crippen molar-refractivity contribution in [2.45, 2.75) is 30.9 Å². The second-order valence-corrected chi connectivity index (χ2v) is 6.08. The minimum absolute atomic E-state index is 0.121. The summed E-state index contributed by atoms with van der Waals surface area (Å²) in [4.78, 5) is 2.31. The third-order valence-corrected chi connectivity index (χ3v) is 4.70. The smallest absolute Gasteiger partial charge is 0.105 e. The summed E-state index contributed by atoms with van der Waals surface area (Å²) in [6.45, 7) is 1.05. The van der Waals surface area contributed by atoms with Crippen LogP contribution in [0.25, 0.3) is 0 Å². The van der Waals surface area contributed by atoms with E-state index in [2.05, 4.69) is 48.3 Å². The highest BCUT2D eigenvalue weighted by molar-refractivity contribution is 5.27. The van der Waals surface area contributed by atoms with Crippen LogP contribution in [0, 0.1) is 0 Å². The van der Waals surface area contributed by atoms with E-state index in [0.29, 0.717) is 0 Å². The number of likely N-dealkylation sites (tertiary alicyclic amines) is 1. The molecule has 3 rings (SSSR count). The molecule has 110 valence electrons. The molecular weight excluding hydrogens is 258 g/mol. The Balaban J connectivity index is 1.93. The van der Waals surface area contributed by atoms with Crippen molar-refractivity contribution in [3.05, 3.63) is 71.8 Å². The average Bonchev–Trinajstić information content (AvgIpc) is 2.53. The largest absolute Gasteiger partial charge is 0.384 e. The van der Waals surface area contributed by atoms with Crippen LogP contribution in [-0.2, 0) is 12.0 Å². The highest BCUT2D eigenvalue weighted by Crippen LogP contribution is 2.37. The molecule has 1 aliphatic rings. The number of benzene rings is 2. The Morgan fingerprint density at radius 1 is 1.05 bits per heavy atom. The number of likely N-dealkylation sites (N-methyl/N-ethyl adjacent to an activating group) is 1. The SMILES string of the molecule is CN1CCC[C@](O)(c2ccccc2)[C@H]1Cc1ccccc1. The Bertz CT molecular complexity index is 569. The number of rotatable bonds is 3. The van der Waals surface area contributed by atoms with E-state index in [1.807, 2.05) is 24.3 Å². The van der Waals surface area contributed by atoms with Gasteiger partial charge in [-0.1, -0.05) is 60.7 Å². The van der Waals surface area contributed by atoms with E-state index < -0.39 is 5.60 Å². The van der Waals surface area contributed by atoms with Crippen LogP contribution in [0.15, 0.2) is 60.7 Å². The monoisotopic (exact) mass is 281 g/mol. The Morgan fingerprint density at radius 2 is 1.67 bits per heavy atom. The van der Waals surface area contributed by atoms with E-state index in [9.17, 15) is 5.11 Å². The van der Waals surface area contributed by atoms with Gasteiger partial charge in [0.25, 0.3) is 0 Å². The first-order valence-corrected chi connectivity index (χ1v) is 7.72. The quantitative estimate of drug-likeness (QED) is 0.934. The Kier molecular flexibility index (Phi) is 4.09. The van der Waals surface area contributed by atoms with Crippen molar-refractivity contribution in [2.75, 3.05) is 13.6 Å². The zero-order chi connectivity index (χ0) is 14.7. The molecule has 0 unspecified atom stereocenters. The summed E-state index contributed by atoms with van der Waals surface area (Å²) < 4.78 is 0. The first kappa shape index (κ1) is 14.3. The molecule has 0 amide bonds. The standard InChI is InChI=1S/C19H23NO/c1-20-14-8-13-19(21,17-11-6-3-7-12-17)18(20)15-16-9-4-2-5-10-16/h2-7,9-12,18,21H,8,13-15H2,1H3/t18-,19+/m1/s1. The topological polar surface area (TPSA) is 23.5 Å². The molecule has 1 heterocycles. The Hall–Kier alpha value is -1.64. The van der Waals surface area contributed by atoms with Crippen LogP contribution in [0.3, 0.4) is 0 Å². The highest BCUT2D eigenvalue weighted by Gasteiger charge is 2.42. The predicted molar refractivity (Wildman–Crippen MR) is 86.1 cm³/mol. The van der Waals surface area contributed by atoms with Crippen molar-refractivity contribution in [1.82, 2.24) is 4.90 Å². The van der Waals surface area contributed by atoms with Crippen molar-refractivity contribution in [3.63, 3.8) is 0 Å². The van der Waals surface area contributed by atoms with E-state index >= 15 is 0 Å². The van der Waals surface area contributed by atoms with Crippen molar-refractivity contribution in [2.24, 2.45) is 0 Å². The fourth-order valence-corrected chi connectivity index (χ4v) is 3.51. The summed E-state index contributed by atoms with van der Waals surface area (Å²) in [7, 11) is 2.13. The molecule has 1 saturated heterocycles. The van der Waals surface area contributed by atoms with Crippen LogP contribution in [0.1, 0.15) is 24.0 Å². The lowest BCUT2D eigenvalue weighted by Gasteiger charge is -2.46. The molecule has 2 heteroatoms. The normalized spacial score (nSPS) is 26.7. The molecule has 2 atom stereocenters. The molecule has 1 N–H and O–H groups in total. The van der Waals surface area contributed by atoms with E-state index in [1.165, 1.54) is 5.56 Å². The molecule has 2 aromatic rings. The van der Waals surface area contributed by atoms with Crippen molar-refractivity contribution >= 4 is 0 Å². The van der Waals surface area contributed by atoms with Gasteiger partial charge in [-0.15, -0.1) is 0 Å². The molecule has 1 fully saturated rings. The van der Waals surface area contributed by atoms with Gasteiger partial charge in [-0.3, -0.25) is 4.90 Å². The molecule has 0 saturated carbocycles. The van der Waals surface area contributed by atoms with Gasteiger partial charge in [0.05, 0.1) is 0 Å². The van der Waals surface area contributed by atoms with Gasteiger partial charge in [-0.05, 0) is 44.0 Å². The van der Waals surface area contributed by atoms with Gasteiger partial charge in [0.15, 0.2) is 0 Å². The van der Waals surface area contributed by atoms with Gasteiger partial charge in [0.2, 0.25) is 0 Å². The minimum Gasteiger partial charge on any atom is -0.384 e. The van der Waals surface area contributed by atoms with E-state index in [-0.39, 0.29) is 6.04 Å². The van der Waals surface area contributed by atoms with Crippen LogP contribution in [0.4, 0.5) is 0 Å². The van der Waals surface area contributed by atoms with Gasteiger partial charge in [-0.2, -0.15) is 0 Å². The third-order valence-electron chi connectivity index (χ3n) is 4.70. The Morgan fingerprint density at radius 3 is 2.33 bits per heavy atom. The summed E-state index contributed by atoms with van der Waals surface area (Å²) >= 11 is 0. The first-order chi connectivity index (χ1) is 10.2. The number of aliphatic hydroxyl groups is 1. The minimum atomic E-state index is -0.760. The molecule has 2 aromatic carbocycles. The van der Waals surface area contributed by atoms with Crippen LogP contribution < -0.4 is 0 Å². The van der Waals surface area contributed by atoms with Gasteiger partial charge in [0.1, 0.15) is 5.60 Å². The molecule has 0 aliphatic carbocycles. The molecular formula is C19H23NO. The van der Waals surface area contributed by atoms with Gasteiger partial charge < -0.3 is 5.11 Å². The van der Waals surface area contributed by atoms with Crippen LogP contribution in [0.2, 0.25) is 0 Å². The number of piperidine rings is 1. The van der Waals surface area contributed by atoms with Crippen LogP contribution in [0.5, 0.6) is 0 Å². The fourth-order valence-electron chi connectivity index (χ4n) is 3.51. The van der Waals surface area contributed by atoms with Gasteiger partial charge in [0, 0.05) is 6.04 Å². The van der Waals surface area contributed by atoms with Crippen molar-refractivity contribution in [3.8, 4) is 0 Å².